The Labute approximate surface area is 122 Å². The molecule has 2 rings (SSSR count). The summed E-state index contributed by atoms with van der Waals surface area (Å²) in [5.74, 6) is 0.670. The summed E-state index contributed by atoms with van der Waals surface area (Å²) < 4.78 is 10.9. The van der Waals surface area contributed by atoms with Crippen molar-refractivity contribution in [2.45, 2.75) is 77.0 Å². The Morgan fingerprint density at radius 1 is 1.10 bits per heavy atom. The third-order valence-electron chi connectivity index (χ3n) is 4.30. The van der Waals surface area contributed by atoms with E-state index in [9.17, 15) is 4.79 Å². The van der Waals surface area contributed by atoms with Crippen molar-refractivity contribution in [1.82, 2.24) is 5.32 Å². The summed E-state index contributed by atoms with van der Waals surface area (Å²) in [6.07, 6.45) is 7.24. The average Bonchev–Trinajstić information content (AvgIpc) is 2.42. The molecule has 20 heavy (non-hydrogen) atoms. The van der Waals surface area contributed by atoms with Crippen LogP contribution in [0, 0.1) is 5.92 Å². The van der Waals surface area contributed by atoms with Gasteiger partial charge in [0.15, 0.2) is 0 Å². The summed E-state index contributed by atoms with van der Waals surface area (Å²) in [5.41, 5.74) is -0.176. The Bertz CT molecular complexity index is 324. The molecule has 0 aromatic heterocycles. The zero-order valence-corrected chi connectivity index (χ0v) is 13.1. The van der Waals surface area contributed by atoms with Gasteiger partial charge in [-0.25, -0.2) is 0 Å². The molecule has 1 saturated heterocycles. The van der Waals surface area contributed by atoms with E-state index in [-0.39, 0.29) is 17.6 Å². The van der Waals surface area contributed by atoms with Gasteiger partial charge in [-0.05, 0) is 52.4 Å². The van der Waals surface area contributed by atoms with Gasteiger partial charge in [-0.1, -0.05) is 12.8 Å². The van der Waals surface area contributed by atoms with Crippen molar-refractivity contribution in [2.75, 3.05) is 13.2 Å². The van der Waals surface area contributed by atoms with Gasteiger partial charge in [0.1, 0.15) is 12.6 Å². The van der Waals surface area contributed by atoms with Gasteiger partial charge < -0.3 is 14.8 Å². The average molecular weight is 283 g/mol. The minimum atomic E-state index is -0.176. The van der Waals surface area contributed by atoms with Crippen LogP contribution in [-0.4, -0.2) is 36.9 Å². The van der Waals surface area contributed by atoms with E-state index in [0.29, 0.717) is 19.3 Å². The lowest BCUT2D eigenvalue weighted by Crippen LogP contribution is -2.52. The normalized spacial score (nSPS) is 30.6. The molecule has 1 saturated carbocycles. The number of rotatable bonds is 4. The maximum absolute atomic E-state index is 12.1. The quantitative estimate of drug-likeness (QED) is 0.636. The van der Waals surface area contributed by atoms with Gasteiger partial charge in [-0.15, -0.1) is 0 Å². The number of fused-ring (bicyclic) bond motifs is 1. The van der Waals surface area contributed by atoms with E-state index in [1.54, 1.807) is 0 Å². The first kappa shape index (κ1) is 15.8. The van der Waals surface area contributed by atoms with E-state index in [0.717, 1.165) is 18.8 Å². The number of hydrogen-bond donors (Lipinski definition) is 1. The van der Waals surface area contributed by atoms with Crippen molar-refractivity contribution in [2.24, 2.45) is 5.92 Å². The molecule has 1 heterocycles. The van der Waals surface area contributed by atoms with Crippen molar-refractivity contribution >= 4 is 5.97 Å². The lowest BCUT2D eigenvalue weighted by molar-refractivity contribution is -0.150. The fourth-order valence-electron chi connectivity index (χ4n) is 3.27. The van der Waals surface area contributed by atoms with Crippen LogP contribution < -0.4 is 5.32 Å². The first-order chi connectivity index (χ1) is 9.46. The molecule has 4 nitrogen and oxygen atoms in total. The predicted molar refractivity (Wildman–Crippen MR) is 78.6 cm³/mol. The smallest absolute Gasteiger partial charge is 0.323 e. The standard InChI is InChI=1S/C16H29NO3/c1-16(2,3)20-11-10-19-15(18)14-9-8-12-6-4-5-7-13(12)17-14/h12-14,17H,4-11H2,1-3H3. The molecular formula is C16H29NO3. The fraction of sp³-hybridized carbons (Fsp3) is 0.938. The lowest BCUT2D eigenvalue weighted by atomic mass is 9.78. The Morgan fingerprint density at radius 2 is 1.85 bits per heavy atom. The fourth-order valence-corrected chi connectivity index (χ4v) is 3.27. The third kappa shape index (κ3) is 4.74. The molecule has 0 amide bonds. The zero-order valence-electron chi connectivity index (χ0n) is 13.1. The highest BCUT2D eigenvalue weighted by Gasteiger charge is 2.35. The van der Waals surface area contributed by atoms with Crippen LogP contribution in [-0.2, 0) is 14.3 Å². The Morgan fingerprint density at radius 3 is 2.60 bits per heavy atom. The van der Waals surface area contributed by atoms with Crippen molar-refractivity contribution in [3.8, 4) is 0 Å². The highest BCUT2D eigenvalue weighted by Crippen LogP contribution is 2.32. The molecule has 1 aliphatic heterocycles. The molecule has 2 aliphatic rings. The van der Waals surface area contributed by atoms with Gasteiger partial charge in [0.2, 0.25) is 0 Å². The maximum Gasteiger partial charge on any atom is 0.323 e. The number of hydrogen-bond acceptors (Lipinski definition) is 4. The number of carbonyl (C=O) groups is 1. The highest BCUT2D eigenvalue weighted by molar-refractivity contribution is 5.76. The van der Waals surface area contributed by atoms with Crippen molar-refractivity contribution in [3.63, 3.8) is 0 Å². The molecule has 4 heteroatoms. The lowest BCUT2D eigenvalue weighted by Gasteiger charge is -2.39. The van der Waals surface area contributed by atoms with Gasteiger partial charge >= 0.3 is 5.97 Å². The van der Waals surface area contributed by atoms with Crippen molar-refractivity contribution in [3.05, 3.63) is 0 Å². The number of ether oxygens (including phenoxy) is 2. The van der Waals surface area contributed by atoms with Crippen molar-refractivity contribution < 1.29 is 14.3 Å². The monoisotopic (exact) mass is 283 g/mol. The van der Waals surface area contributed by atoms with E-state index in [2.05, 4.69) is 5.32 Å². The molecule has 1 aliphatic carbocycles. The molecule has 0 bridgehead atoms. The van der Waals surface area contributed by atoms with Gasteiger partial charge in [-0.3, -0.25) is 4.79 Å². The first-order valence-corrected chi connectivity index (χ1v) is 8.02. The summed E-state index contributed by atoms with van der Waals surface area (Å²) >= 11 is 0. The van der Waals surface area contributed by atoms with Gasteiger partial charge in [-0.2, -0.15) is 0 Å². The molecule has 0 radical (unpaired) electrons. The summed E-state index contributed by atoms with van der Waals surface area (Å²) in [4.78, 5) is 12.1. The van der Waals surface area contributed by atoms with Crippen LogP contribution in [0.25, 0.3) is 0 Å². The van der Waals surface area contributed by atoms with Gasteiger partial charge in [0, 0.05) is 6.04 Å². The molecule has 3 atom stereocenters. The van der Waals surface area contributed by atoms with Crippen LogP contribution in [0.2, 0.25) is 0 Å². The van der Waals surface area contributed by atoms with Crippen LogP contribution >= 0.6 is 0 Å². The molecule has 1 N–H and O–H groups in total. The molecule has 2 fully saturated rings. The van der Waals surface area contributed by atoms with E-state index in [1.165, 1.54) is 25.7 Å². The number of nitrogens with one attached hydrogen (secondary N) is 1. The van der Waals surface area contributed by atoms with E-state index >= 15 is 0 Å². The summed E-state index contributed by atoms with van der Waals surface area (Å²) in [7, 11) is 0. The molecule has 0 aromatic rings. The first-order valence-electron chi connectivity index (χ1n) is 8.02. The number of piperidine rings is 1. The second-order valence-corrected chi connectivity index (χ2v) is 7.08. The third-order valence-corrected chi connectivity index (χ3v) is 4.30. The number of carbonyl (C=O) groups excluding carboxylic acids is 1. The van der Waals surface area contributed by atoms with Crippen LogP contribution in [0.15, 0.2) is 0 Å². The van der Waals surface area contributed by atoms with E-state index in [1.807, 2.05) is 20.8 Å². The molecule has 3 unspecified atom stereocenters. The topological polar surface area (TPSA) is 47.6 Å². The Hall–Kier alpha value is -0.610. The Balaban J connectivity index is 1.68. The minimum Gasteiger partial charge on any atom is -0.462 e. The summed E-state index contributed by atoms with van der Waals surface area (Å²) in [6, 6.07) is 0.421. The van der Waals surface area contributed by atoms with Crippen LogP contribution in [0.4, 0.5) is 0 Å². The van der Waals surface area contributed by atoms with Crippen molar-refractivity contribution in [1.29, 1.82) is 0 Å². The molecular weight excluding hydrogens is 254 g/mol. The predicted octanol–water partition coefficient (Wildman–Crippen LogP) is 2.66. The van der Waals surface area contributed by atoms with E-state index in [4.69, 9.17) is 9.47 Å². The molecule has 116 valence electrons. The van der Waals surface area contributed by atoms with Gasteiger partial charge in [0.05, 0.1) is 12.2 Å². The summed E-state index contributed by atoms with van der Waals surface area (Å²) in [5, 5.41) is 3.50. The second kappa shape index (κ2) is 6.90. The Kier molecular flexibility index (Phi) is 5.44. The van der Waals surface area contributed by atoms with Gasteiger partial charge in [0.25, 0.3) is 0 Å². The van der Waals surface area contributed by atoms with E-state index < -0.39 is 0 Å². The SMILES string of the molecule is CC(C)(C)OCCOC(=O)C1CCC2CCCCC2N1. The highest BCUT2D eigenvalue weighted by atomic mass is 16.6. The number of esters is 1. The maximum atomic E-state index is 12.1. The minimum absolute atomic E-state index is 0.105. The zero-order chi connectivity index (χ0) is 14.6. The van der Waals surface area contributed by atoms with Crippen LogP contribution in [0.1, 0.15) is 59.3 Å². The van der Waals surface area contributed by atoms with Crippen LogP contribution in [0.5, 0.6) is 0 Å². The van der Waals surface area contributed by atoms with Crippen LogP contribution in [0.3, 0.4) is 0 Å². The largest absolute Gasteiger partial charge is 0.462 e. The second-order valence-electron chi connectivity index (χ2n) is 7.08. The molecule has 0 aromatic carbocycles. The molecule has 0 spiro atoms. The summed E-state index contributed by atoms with van der Waals surface area (Å²) in [6.45, 7) is 6.82.